The quantitative estimate of drug-likeness (QED) is 0.906. The molecule has 1 unspecified atom stereocenters. The average molecular weight is 261 g/mol. The molecule has 3 heteroatoms. The number of hydrogen-bond donors (Lipinski definition) is 1. The van der Waals surface area contributed by atoms with Crippen molar-refractivity contribution in [1.29, 1.82) is 0 Å². The van der Waals surface area contributed by atoms with E-state index in [1.165, 1.54) is 5.56 Å². The minimum absolute atomic E-state index is 0.500. The van der Waals surface area contributed by atoms with Crippen LogP contribution in [0.2, 0.25) is 0 Å². The van der Waals surface area contributed by atoms with E-state index in [4.69, 9.17) is 0 Å². The summed E-state index contributed by atoms with van der Waals surface area (Å²) in [5, 5.41) is 13.0. The summed E-state index contributed by atoms with van der Waals surface area (Å²) in [5.74, 6) is 0.546. The van der Waals surface area contributed by atoms with Gasteiger partial charge in [0.15, 0.2) is 0 Å². The van der Waals surface area contributed by atoms with Crippen LogP contribution in [0.1, 0.15) is 47.7 Å². The molecular formula is C15H19NOS. The highest BCUT2D eigenvalue weighted by Crippen LogP contribution is 2.21. The third kappa shape index (κ3) is 3.18. The molecule has 1 heterocycles. The maximum Gasteiger partial charge on any atom is 0.101 e. The second kappa shape index (κ2) is 5.63. The number of nitrogens with zero attached hydrogens (tertiary/aromatic N) is 1. The molecule has 0 aliphatic carbocycles. The summed E-state index contributed by atoms with van der Waals surface area (Å²) >= 11 is 1.58. The summed E-state index contributed by atoms with van der Waals surface area (Å²) in [7, 11) is 0. The fourth-order valence-electron chi connectivity index (χ4n) is 1.90. The zero-order valence-corrected chi connectivity index (χ0v) is 11.9. The van der Waals surface area contributed by atoms with Gasteiger partial charge in [-0.05, 0) is 24.0 Å². The summed E-state index contributed by atoms with van der Waals surface area (Å²) in [4.78, 5) is 4.32. The molecule has 1 atom stereocenters. The van der Waals surface area contributed by atoms with Gasteiger partial charge in [-0.25, -0.2) is 4.98 Å². The summed E-state index contributed by atoms with van der Waals surface area (Å²) < 4.78 is 0. The van der Waals surface area contributed by atoms with Crippen LogP contribution in [0.5, 0.6) is 0 Å². The molecule has 2 rings (SSSR count). The van der Waals surface area contributed by atoms with Gasteiger partial charge in [-0.3, -0.25) is 0 Å². The number of aromatic nitrogens is 1. The van der Waals surface area contributed by atoms with Gasteiger partial charge in [0.1, 0.15) is 6.10 Å². The van der Waals surface area contributed by atoms with Crippen LogP contribution in [0.25, 0.3) is 0 Å². The van der Waals surface area contributed by atoms with Gasteiger partial charge >= 0.3 is 0 Å². The number of hydrogen-bond acceptors (Lipinski definition) is 3. The number of aryl methyl sites for hydroxylation is 1. The van der Waals surface area contributed by atoms with E-state index < -0.39 is 6.10 Å². The first-order chi connectivity index (χ1) is 8.56. The van der Waals surface area contributed by atoms with Gasteiger partial charge in [-0.1, -0.05) is 38.1 Å². The minimum Gasteiger partial charge on any atom is -0.386 e. The van der Waals surface area contributed by atoms with Crippen molar-refractivity contribution < 1.29 is 5.11 Å². The van der Waals surface area contributed by atoms with Crippen molar-refractivity contribution in [3.8, 4) is 0 Å². The maximum absolute atomic E-state index is 10.1. The Morgan fingerprint density at radius 3 is 2.39 bits per heavy atom. The Hall–Kier alpha value is -1.19. The largest absolute Gasteiger partial charge is 0.386 e. The van der Waals surface area contributed by atoms with Crippen molar-refractivity contribution in [2.24, 2.45) is 0 Å². The first kappa shape index (κ1) is 13.2. The Labute approximate surface area is 112 Å². The predicted molar refractivity (Wildman–Crippen MR) is 76.0 cm³/mol. The molecule has 0 saturated carbocycles. The number of benzene rings is 1. The monoisotopic (exact) mass is 261 g/mol. The average Bonchev–Trinajstić information content (AvgIpc) is 2.76. The smallest absolute Gasteiger partial charge is 0.101 e. The maximum atomic E-state index is 10.1. The van der Waals surface area contributed by atoms with Crippen LogP contribution in [-0.2, 0) is 6.42 Å². The first-order valence-electron chi connectivity index (χ1n) is 6.25. The zero-order valence-electron chi connectivity index (χ0n) is 11.1. The third-order valence-electron chi connectivity index (χ3n) is 3.05. The molecule has 0 bridgehead atoms. The number of aliphatic hydroxyl groups is 1. The van der Waals surface area contributed by atoms with Gasteiger partial charge in [0, 0.05) is 11.8 Å². The molecule has 0 saturated heterocycles. The van der Waals surface area contributed by atoms with Gasteiger partial charge in [-0.2, -0.15) is 0 Å². The van der Waals surface area contributed by atoms with Gasteiger partial charge in [0.2, 0.25) is 0 Å². The van der Waals surface area contributed by atoms with Crippen LogP contribution in [0, 0.1) is 6.92 Å². The first-order valence-corrected chi connectivity index (χ1v) is 7.13. The molecule has 0 aliphatic rings. The van der Waals surface area contributed by atoms with Crippen molar-refractivity contribution in [1.82, 2.24) is 4.98 Å². The van der Waals surface area contributed by atoms with Gasteiger partial charge < -0.3 is 5.11 Å². The van der Waals surface area contributed by atoms with Crippen molar-refractivity contribution in [3.05, 3.63) is 51.5 Å². The molecule has 18 heavy (non-hydrogen) atoms. The summed E-state index contributed by atoms with van der Waals surface area (Å²) in [6, 6.07) is 8.47. The molecule has 1 N–H and O–H groups in total. The topological polar surface area (TPSA) is 33.1 Å². The van der Waals surface area contributed by atoms with Crippen molar-refractivity contribution in [2.45, 2.75) is 39.2 Å². The van der Waals surface area contributed by atoms with E-state index in [1.807, 2.05) is 12.3 Å². The highest BCUT2D eigenvalue weighted by molar-refractivity contribution is 7.09. The highest BCUT2D eigenvalue weighted by Gasteiger charge is 2.11. The zero-order chi connectivity index (χ0) is 13.1. The molecule has 2 aromatic rings. The lowest BCUT2D eigenvalue weighted by Crippen LogP contribution is -2.02. The van der Waals surface area contributed by atoms with Crippen molar-refractivity contribution >= 4 is 11.3 Å². The molecule has 0 aliphatic heterocycles. The normalized spacial score (nSPS) is 12.9. The third-order valence-corrected chi connectivity index (χ3v) is 3.85. The Morgan fingerprint density at radius 1 is 1.22 bits per heavy atom. The minimum atomic E-state index is -0.500. The summed E-state index contributed by atoms with van der Waals surface area (Å²) in [6.45, 7) is 6.32. The van der Waals surface area contributed by atoms with Gasteiger partial charge in [0.25, 0.3) is 0 Å². The van der Waals surface area contributed by atoms with Crippen LogP contribution >= 0.6 is 11.3 Å². The number of rotatable bonds is 4. The lowest BCUT2D eigenvalue weighted by molar-refractivity contribution is 0.174. The fourth-order valence-corrected chi connectivity index (χ4v) is 2.56. The summed E-state index contributed by atoms with van der Waals surface area (Å²) in [5.41, 5.74) is 3.26. The fraction of sp³-hybridized carbons (Fsp3) is 0.400. The molecule has 0 radical (unpaired) electrons. The van der Waals surface area contributed by atoms with Crippen LogP contribution in [0.15, 0.2) is 29.6 Å². The van der Waals surface area contributed by atoms with E-state index in [0.29, 0.717) is 12.3 Å². The van der Waals surface area contributed by atoms with E-state index in [9.17, 15) is 5.11 Å². The Morgan fingerprint density at radius 2 is 1.89 bits per heavy atom. The Balaban J connectivity index is 2.05. The summed E-state index contributed by atoms with van der Waals surface area (Å²) in [6.07, 6.45) is 0.126. The Kier molecular flexibility index (Phi) is 4.15. The van der Waals surface area contributed by atoms with E-state index >= 15 is 0 Å². The molecule has 1 aromatic carbocycles. The lowest BCUT2D eigenvalue weighted by Gasteiger charge is -2.10. The molecule has 1 aromatic heterocycles. The van der Waals surface area contributed by atoms with Crippen LogP contribution in [0.3, 0.4) is 0 Å². The second-order valence-corrected chi connectivity index (χ2v) is 5.97. The lowest BCUT2D eigenvalue weighted by atomic mass is 9.99. The van der Waals surface area contributed by atoms with Crippen LogP contribution in [0.4, 0.5) is 0 Å². The van der Waals surface area contributed by atoms with E-state index in [2.05, 4.69) is 43.1 Å². The van der Waals surface area contributed by atoms with Crippen LogP contribution in [-0.4, -0.2) is 10.1 Å². The SMILES string of the molecule is Cc1nc(C(O)Cc2ccc(C(C)C)cc2)cs1. The standard InChI is InChI=1S/C15H19NOS/c1-10(2)13-6-4-12(5-7-13)8-15(17)14-9-18-11(3)16-14/h4-7,9-10,15,17H,8H2,1-3H3. The van der Waals surface area contributed by atoms with E-state index in [0.717, 1.165) is 16.3 Å². The van der Waals surface area contributed by atoms with Crippen molar-refractivity contribution in [2.75, 3.05) is 0 Å². The second-order valence-electron chi connectivity index (χ2n) is 4.91. The molecule has 2 nitrogen and oxygen atoms in total. The molecule has 0 spiro atoms. The molecular weight excluding hydrogens is 242 g/mol. The highest BCUT2D eigenvalue weighted by atomic mass is 32.1. The predicted octanol–water partition coefficient (Wildman–Crippen LogP) is 3.85. The number of thiazole rings is 1. The van der Waals surface area contributed by atoms with Crippen molar-refractivity contribution in [3.63, 3.8) is 0 Å². The molecule has 0 amide bonds. The molecule has 0 fully saturated rings. The van der Waals surface area contributed by atoms with Gasteiger partial charge in [-0.15, -0.1) is 11.3 Å². The number of aliphatic hydroxyl groups excluding tert-OH is 1. The van der Waals surface area contributed by atoms with Crippen LogP contribution < -0.4 is 0 Å². The van der Waals surface area contributed by atoms with E-state index in [1.54, 1.807) is 11.3 Å². The molecule has 96 valence electrons. The Bertz CT molecular complexity index is 501. The van der Waals surface area contributed by atoms with Gasteiger partial charge in [0.05, 0.1) is 10.7 Å². The van der Waals surface area contributed by atoms with E-state index in [-0.39, 0.29) is 0 Å².